The molecule has 0 amide bonds. The van der Waals surface area contributed by atoms with Gasteiger partial charge in [0.05, 0.1) is 11.5 Å². The van der Waals surface area contributed by atoms with Gasteiger partial charge in [-0.2, -0.15) is 4.39 Å². The summed E-state index contributed by atoms with van der Waals surface area (Å²) in [5.74, 6) is -0.407. The maximum absolute atomic E-state index is 13.1. The topological polar surface area (TPSA) is 52.4 Å². The van der Waals surface area contributed by atoms with Crippen molar-refractivity contribution in [3.05, 3.63) is 33.6 Å². The monoisotopic (exact) mass is 197 g/mol. The molecule has 5 heteroatoms. The van der Waals surface area contributed by atoms with Gasteiger partial charge >= 0.3 is 5.69 Å². The number of ether oxygens (including phenoxy) is 1. The zero-order valence-electron chi connectivity index (χ0n) is 7.33. The second kappa shape index (κ2) is 3.25. The van der Waals surface area contributed by atoms with Crippen molar-refractivity contribution >= 4 is 5.69 Å². The molecule has 1 aromatic carbocycles. The first-order valence-corrected chi connectivity index (χ1v) is 4.28. The predicted molar refractivity (Wildman–Crippen MR) is 46.9 cm³/mol. The van der Waals surface area contributed by atoms with Gasteiger partial charge in [-0.1, -0.05) is 0 Å². The Morgan fingerprint density at radius 1 is 1.50 bits per heavy atom. The SMILES string of the molecule is O=[N+]([O-])c1cc2c(cc1F)OCCC2. The van der Waals surface area contributed by atoms with E-state index in [1.54, 1.807) is 0 Å². The maximum atomic E-state index is 13.1. The molecular weight excluding hydrogens is 189 g/mol. The van der Waals surface area contributed by atoms with Crippen molar-refractivity contribution < 1.29 is 14.1 Å². The molecule has 0 saturated carbocycles. The first kappa shape index (κ1) is 8.93. The van der Waals surface area contributed by atoms with Crippen LogP contribution in [0, 0.1) is 15.9 Å². The Bertz CT molecular complexity index is 392. The fourth-order valence-corrected chi connectivity index (χ4v) is 1.50. The molecule has 0 atom stereocenters. The fraction of sp³-hybridized carbons (Fsp3) is 0.333. The summed E-state index contributed by atoms with van der Waals surface area (Å²) in [6.07, 6.45) is 1.52. The highest BCUT2D eigenvalue weighted by molar-refractivity contribution is 5.45. The number of nitrogens with zero attached hydrogens (tertiary/aromatic N) is 1. The van der Waals surface area contributed by atoms with E-state index in [9.17, 15) is 14.5 Å². The molecule has 0 saturated heterocycles. The Balaban J connectivity index is 2.50. The van der Waals surface area contributed by atoms with E-state index in [4.69, 9.17) is 4.74 Å². The summed E-state index contributed by atoms with van der Waals surface area (Å²) < 4.78 is 18.3. The Labute approximate surface area is 79.5 Å². The Morgan fingerprint density at radius 3 is 3.00 bits per heavy atom. The molecular formula is C9H8FNO3. The van der Waals surface area contributed by atoms with Crippen LogP contribution in [0.5, 0.6) is 5.75 Å². The van der Waals surface area contributed by atoms with Crippen molar-refractivity contribution in [2.75, 3.05) is 6.61 Å². The van der Waals surface area contributed by atoms with Gasteiger partial charge in [-0.25, -0.2) is 0 Å². The van der Waals surface area contributed by atoms with Crippen LogP contribution in [0.15, 0.2) is 12.1 Å². The van der Waals surface area contributed by atoms with E-state index in [0.29, 0.717) is 24.3 Å². The van der Waals surface area contributed by atoms with Gasteiger partial charge in [0, 0.05) is 17.7 Å². The predicted octanol–water partition coefficient (Wildman–Crippen LogP) is 2.06. The summed E-state index contributed by atoms with van der Waals surface area (Å²) >= 11 is 0. The van der Waals surface area contributed by atoms with Crippen LogP contribution in [0.4, 0.5) is 10.1 Å². The first-order chi connectivity index (χ1) is 6.68. The van der Waals surface area contributed by atoms with Crippen LogP contribution in [-0.4, -0.2) is 11.5 Å². The second-order valence-electron chi connectivity index (χ2n) is 3.12. The van der Waals surface area contributed by atoms with Crippen molar-refractivity contribution in [2.24, 2.45) is 0 Å². The summed E-state index contributed by atoms with van der Waals surface area (Å²) in [5.41, 5.74) is 0.235. The molecule has 0 aliphatic carbocycles. The number of halogens is 1. The lowest BCUT2D eigenvalue weighted by Gasteiger charge is -2.16. The Morgan fingerprint density at radius 2 is 2.29 bits per heavy atom. The number of benzene rings is 1. The summed E-state index contributed by atoms with van der Waals surface area (Å²) in [6, 6.07) is 2.34. The minimum atomic E-state index is -0.837. The molecule has 14 heavy (non-hydrogen) atoms. The lowest BCUT2D eigenvalue weighted by molar-refractivity contribution is -0.387. The number of nitro groups is 1. The average molecular weight is 197 g/mol. The highest BCUT2D eigenvalue weighted by atomic mass is 19.1. The molecule has 0 spiro atoms. The molecule has 1 heterocycles. The van der Waals surface area contributed by atoms with E-state index >= 15 is 0 Å². The number of rotatable bonds is 1. The first-order valence-electron chi connectivity index (χ1n) is 4.28. The van der Waals surface area contributed by atoms with Gasteiger partial charge in [0.2, 0.25) is 5.82 Å². The second-order valence-corrected chi connectivity index (χ2v) is 3.12. The molecule has 74 valence electrons. The molecule has 0 bridgehead atoms. The number of hydrogen-bond donors (Lipinski definition) is 0. The Hall–Kier alpha value is -1.65. The van der Waals surface area contributed by atoms with Gasteiger partial charge < -0.3 is 4.74 Å². The normalized spacial score (nSPS) is 14.4. The van der Waals surface area contributed by atoms with Crippen molar-refractivity contribution in [1.29, 1.82) is 0 Å². The highest BCUT2D eigenvalue weighted by Crippen LogP contribution is 2.30. The third-order valence-corrected chi connectivity index (χ3v) is 2.17. The lowest BCUT2D eigenvalue weighted by Crippen LogP contribution is -2.09. The molecule has 1 aromatic rings. The standard InChI is InChI=1S/C9H8FNO3/c10-7-5-9-6(2-1-3-14-9)4-8(7)11(12)13/h4-5H,1-3H2. The quantitative estimate of drug-likeness (QED) is 0.511. The minimum Gasteiger partial charge on any atom is -0.493 e. The van der Waals surface area contributed by atoms with Gasteiger partial charge in [0.15, 0.2) is 0 Å². The molecule has 2 rings (SSSR count). The van der Waals surface area contributed by atoms with Gasteiger partial charge in [0.1, 0.15) is 5.75 Å². The highest BCUT2D eigenvalue weighted by Gasteiger charge is 2.20. The molecule has 1 aliphatic heterocycles. The molecule has 0 fully saturated rings. The zero-order valence-corrected chi connectivity index (χ0v) is 7.33. The van der Waals surface area contributed by atoms with E-state index in [1.165, 1.54) is 6.07 Å². The van der Waals surface area contributed by atoms with E-state index in [2.05, 4.69) is 0 Å². The van der Waals surface area contributed by atoms with Crippen molar-refractivity contribution in [2.45, 2.75) is 12.8 Å². The number of fused-ring (bicyclic) bond motifs is 1. The van der Waals surface area contributed by atoms with Crippen LogP contribution in [0.2, 0.25) is 0 Å². The minimum absolute atomic E-state index is 0.430. The molecule has 0 radical (unpaired) electrons. The summed E-state index contributed by atoms with van der Waals surface area (Å²) in [4.78, 5) is 9.71. The summed E-state index contributed by atoms with van der Waals surface area (Å²) in [6.45, 7) is 0.546. The molecule has 1 aliphatic rings. The number of hydrogen-bond acceptors (Lipinski definition) is 3. The Kier molecular flexibility index (Phi) is 2.07. The van der Waals surface area contributed by atoms with E-state index < -0.39 is 16.4 Å². The zero-order chi connectivity index (χ0) is 10.1. The van der Waals surface area contributed by atoms with Crippen molar-refractivity contribution in [3.63, 3.8) is 0 Å². The van der Waals surface area contributed by atoms with Crippen LogP contribution < -0.4 is 4.74 Å². The fourth-order valence-electron chi connectivity index (χ4n) is 1.50. The molecule has 0 aromatic heterocycles. The molecule has 4 nitrogen and oxygen atoms in total. The summed E-state index contributed by atoms with van der Waals surface area (Å²) in [7, 11) is 0. The third kappa shape index (κ3) is 1.41. The van der Waals surface area contributed by atoms with Crippen LogP contribution >= 0.6 is 0 Å². The number of nitro benzene ring substituents is 1. The van der Waals surface area contributed by atoms with Gasteiger partial charge in [-0.05, 0) is 12.8 Å². The van der Waals surface area contributed by atoms with Crippen LogP contribution in [-0.2, 0) is 6.42 Å². The van der Waals surface area contributed by atoms with Crippen LogP contribution in [0.3, 0.4) is 0 Å². The van der Waals surface area contributed by atoms with Gasteiger partial charge in [-0.3, -0.25) is 10.1 Å². The van der Waals surface area contributed by atoms with Crippen LogP contribution in [0.25, 0.3) is 0 Å². The van der Waals surface area contributed by atoms with Gasteiger partial charge in [-0.15, -0.1) is 0 Å². The molecule has 0 N–H and O–H groups in total. The third-order valence-electron chi connectivity index (χ3n) is 2.17. The largest absolute Gasteiger partial charge is 0.493 e. The average Bonchev–Trinajstić information content (AvgIpc) is 2.16. The summed E-state index contributed by atoms with van der Waals surface area (Å²) in [5, 5.41) is 10.4. The van der Waals surface area contributed by atoms with Crippen LogP contribution in [0.1, 0.15) is 12.0 Å². The lowest BCUT2D eigenvalue weighted by atomic mass is 10.1. The van der Waals surface area contributed by atoms with Crippen molar-refractivity contribution in [3.8, 4) is 5.75 Å². The smallest absolute Gasteiger partial charge is 0.305 e. The molecule has 0 unspecified atom stereocenters. The van der Waals surface area contributed by atoms with Gasteiger partial charge in [0.25, 0.3) is 0 Å². The number of aryl methyl sites for hydroxylation is 1. The maximum Gasteiger partial charge on any atom is 0.305 e. The van der Waals surface area contributed by atoms with E-state index in [-0.39, 0.29) is 0 Å². The van der Waals surface area contributed by atoms with E-state index in [0.717, 1.165) is 12.5 Å². The van der Waals surface area contributed by atoms with Crippen molar-refractivity contribution in [1.82, 2.24) is 0 Å². The van der Waals surface area contributed by atoms with E-state index in [1.807, 2.05) is 0 Å².